The highest BCUT2D eigenvalue weighted by molar-refractivity contribution is 7.87. The number of rotatable bonds is 5. The summed E-state index contributed by atoms with van der Waals surface area (Å²) in [7, 11) is -14.0. The van der Waals surface area contributed by atoms with Gasteiger partial charge in [0.25, 0.3) is 0 Å². The monoisotopic (exact) mass is 550 g/mol. The molecule has 31 heavy (non-hydrogen) atoms. The van der Waals surface area contributed by atoms with Crippen LogP contribution in [0.15, 0.2) is 0 Å². The van der Waals surface area contributed by atoms with Gasteiger partial charge >= 0.3 is 60.9 Å². The Labute approximate surface area is 158 Å². The van der Waals surface area contributed by atoms with E-state index in [-0.39, 0.29) is 0 Å². The topological polar surface area (TPSA) is 109 Å². The highest BCUT2D eigenvalue weighted by atomic mass is 32.2. The standard InChI is InChI=1S/C4HF9O3S.C3HF7O3S/c5-1(6,3(9,10)11)2(7,8)4(12,13)17(14,15)16;4-1(5,2(6,7)8)3(9,10)14(11,12)13/h(H,14,15,16);(H,11,12,13). The van der Waals surface area contributed by atoms with E-state index in [0.717, 1.165) is 0 Å². The minimum absolute atomic E-state index is 6.61. The van der Waals surface area contributed by atoms with E-state index >= 15 is 0 Å². The highest BCUT2D eigenvalue weighted by Gasteiger charge is 2.85. The zero-order valence-electron chi connectivity index (χ0n) is 12.9. The van der Waals surface area contributed by atoms with Crippen molar-refractivity contribution >= 4 is 20.2 Å². The fraction of sp³-hybridized carbons (Fsp3) is 1.00. The van der Waals surface area contributed by atoms with E-state index in [0.29, 0.717) is 0 Å². The number of halogens is 16. The van der Waals surface area contributed by atoms with Crippen LogP contribution in [0.25, 0.3) is 0 Å². The Kier molecular flexibility index (Phi) is 8.15. The maximum Gasteiger partial charge on any atom is 0.461 e. The van der Waals surface area contributed by atoms with Gasteiger partial charge in [-0.05, 0) is 0 Å². The van der Waals surface area contributed by atoms with Crippen LogP contribution in [0.1, 0.15) is 0 Å². The fourth-order valence-electron chi connectivity index (χ4n) is 0.850. The summed E-state index contributed by atoms with van der Waals surface area (Å²) in [5, 5.41) is -13.6. The summed E-state index contributed by atoms with van der Waals surface area (Å²) in [5.41, 5.74) is 0. The van der Waals surface area contributed by atoms with Crippen molar-refractivity contribution in [3.63, 3.8) is 0 Å². The van der Waals surface area contributed by atoms with E-state index < -0.39 is 60.9 Å². The third-order valence-corrected chi connectivity index (χ3v) is 4.29. The molecule has 0 rings (SSSR count). The normalized spacial score (nSPS) is 15.9. The average Bonchev–Trinajstić information content (AvgIpc) is 2.42. The summed E-state index contributed by atoms with van der Waals surface area (Å²) in [6.07, 6.45) is -13.9. The van der Waals surface area contributed by atoms with Crippen LogP contribution >= 0.6 is 0 Å². The Morgan fingerprint density at radius 3 is 0.710 bits per heavy atom. The van der Waals surface area contributed by atoms with Crippen molar-refractivity contribution in [3.05, 3.63) is 0 Å². The fourth-order valence-corrected chi connectivity index (χ4v) is 1.74. The summed E-state index contributed by atoms with van der Waals surface area (Å²) in [6, 6.07) is 0. The lowest BCUT2D eigenvalue weighted by Gasteiger charge is -2.31. The molecule has 0 fully saturated rings. The SMILES string of the molecule is O=S(=O)(O)C(F)(F)C(F)(F)C(F)(F)C(F)(F)F.O=S(=O)(O)C(F)(F)C(F)(F)C(F)(F)F. The molecule has 0 spiro atoms. The molecule has 0 saturated carbocycles. The molecule has 24 heteroatoms. The zero-order valence-corrected chi connectivity index (χ0v) is 14.5. The number of alkyl halides is 16. The Hall–Kier alpha value is -1.30. The summed E-state index contributed by atoms with van der Waals surface area (Å²) >= 11 is 0. The second-order valence-electron chi connectivity index (χ2n) is 4.70. The van der Waals surface area contributed by atoms with E-state index in [9.17, 15) is 87.1 Å². The van der Waals surface area contributed by atoms with Crippen molar-refractivity contribution in [2.24, 2.45) is 0 Å². The van der Waals surface area contributed by atoms with Crippen LogP contribution < -0.4 is 0 Å². The van der Waals surface area contributed by atoms with Gasteiger partial charge in [-0.25, -0.2) is 0 Å². The van der Waals surface area contributed by atoms with Gasteiger partial charge in [-0.15, -0.1) is 0 Å². The van der Waals surface area contributed by atoms with Gasteiger partial charge in [-0.1, -0.05) is 0 Å². The van der Waals surface area contributed by atoms with Gasteiger partial charge in [0, 0.05) is 0 Å². The van der Waals surface area contributed by atoms with Crippen LogP contribution in [0.3, 0.4) is 0 Å². The lowest BCUT2D eigenvalue weighted by atomic mass is 10.1. The molecule has 0 unspecified atom stereocenters. The van der Waals surface area contributed by atoms with Gasteiger partial charge < -0.3 is 0 Å². The molecule has 0 bridgehead atoms. The van der Waals surface area contributed by atoms with E-state index in [2.05, 4.69) is 0 Å². The van der Waals surface area contributed by atoms with Crippen LogP contribution in [0.2, 0.25) is 0 Å². The van der Waals surface area contributed by atoms with E-state index in [1.54, 1.807) is 0 Å². The molecule has 0 aromatic rings. The van der Waals surface area contributed by atoms with Crippen LogP contribution in [0, 0.1) is 0 Å². The Morgan fingerprint density at radius 2 is 0.581 bits per heavy atom. The first-order chi connectivity index (χ1) is 12.8. The van der Waals surface area contributed by atoms with Gasteiger partial charge in [0.05, 0.1) is 0 Å². The molecule has 0 aromatic heterocycles. The highest BCUT2D eigenvalue weighted by Crippen LogP contribution is 2.54. The van der Waals surface area contributed by atoms with E-state index in [1.807, 2.05) is 0 Å². The summed E-state index contributed by atoms with van der Waals surface area (Å²) < 4.78 is 242. The maximum absolute atomic E-state index is 12.2. The molecule has 0 atom stereocenters. The largest absolute Gasteiger partial charge is 0.461 e. The first-order valence-electron chi connectivity index (χ1n) is 5.71. The summed E-state index contributed by atoms with van der Waals surface area (Å²) in [6.45, 7) is 0. The predicted molar refractivity (Wildman–Crippen MR) is 59.9 cm³/mol. The van der Waals surface area contributed by atoms with Crippen LogP contribution in [0.4, 0.5) is 70.2 Å². The lowest BCUT2D eigenvalue weighted by Crippen LogP contribution is -2.63. The van der Waals surface area contributed by atoms with E-state index in [1.165, 1.54) is 0 Å². The quantitative estimate of drug-likeness (QED) is 0.397. The van der Waals surface area contributed by atoms with Gasteiger partial charge in [0.15, 0.2) is 0 Å². The molecule has 6 nitrogen and oxygen atoms in total. The molecule has 0 heterocycles. The van der Waals surface area contributed by atoms with Crippen molar-refractivity contribution in [1.82, 2.24) is 0 Å². The third kappa shape index (κ3) is 5.37. The minimum atomic E-state index is -7.37. The Bertz CT molecular complexity index is 850. The molecule has 0 aliphatic rings. The van der Waals surface area contributed by atoms with Gasteiger partial charge in [0.2, 0.25) is 0 Å². The zero-order chi connectivity index (χ0) is 26.5. The first-order valence-corrected chi connectivity index (χ1v) is 8.59. The molecular formula is C7H2F16O6S2. The van der Waals surface area contributed by atoms with Crippen LogP contribution in [0.5, 0.6) is 0 Å². The molecule has 0 aliphatic heterocycles. The van der Waals surface area contributed by atoms with Crippen LogP contribution in [-0.2, 0) is 20.2 Å². The molecular weight excluding hydrogens is 548 g/mol. The summed E-state index contributed by atoms with van der Waals surface area (Å²) in [5.74, 6) is -21.6. The minimum Gasteiger partial charge on any atom is -0.281 e. The van der Waals surface area contributed by atoms with Crippen LogP contribution in [-0.4, -0.2) is 66.6 Å². The molecule has 0 amide bonds. The molecule has 0 aliphatic carbocycles. The maximum atomic E-state index is 12.2. The summed E-state index contributed by atoms with van der Waals surface area (Å²) in [4.78, 5) is 0. The molecule has 0 saturated heterocycles. The first kappa shape index (κ1) is 31.9. The molecule has 190 valence electrons. The van der Waals surface area contributed by atoms with Crippen molar-refractivity contribution < 1.29 is 96.2 Å². The molecule has 2 N–H and O–H groups in total. The second-order valence-corrected chi connectivity index (χ2v) is 7.63. The van der Waals surface area contributed by atoms with Gasteiger partial charge in [-0.2, -0.15) is 87.1 Å². The van der Waals surface area contributed by atoms with E-state index in [4.69, 9.17) is 9.11 Å². The van der Waals surface area contributed by atoms with Crippen molar-refractivity contribution in [3.8, 4) is 0 Å². The van der Waals surface area contributed by atoms with Crippen molar-refractivity contribution in [2.45, 2.75) is 40.6 Å². The second kappa shape index (κ2) is 7.93. The third-order valence-electron chi connectivity index (χ3n) is 2.49. The Morgan fingerprint density at radius 1 is 0.387 bits per heavy atom. The predicted octanol–water partition coefficient (Wildman–Crippen LogP) is 3.96. The van der Waals surface area contributed by atoms with Gasteiger partial charge in [-0.3, -0.25) is 9.11 Å². The van der Waals surface area contributed by atoms with Crippen molar-refractivity contribution in [1.29, 1.82) is 0 Å². The molecule has 0 radical (unpaired) electrons. The average molecular weight is 550 g/mol. The number of hydrogen-bond acceptors (Lipinski definition) is 4. The Balaban J connectivity index is 0. The lowest BCUT2D eigenvalue weighted by molar-refractivity contribution is -0.382. The van der Waals surface area contributed by atoms with Crippen molar-refractivity contribution in [2.75, 3.05) is 0 Å². The number of hydrogen-bond donors (Lipinski definition) is 2. The smallest absolute Gasteiger partial charge is 0.281 e. The van der Waals surface area contributed by atoms with Gasteiger partial charge in [0.1, 0.15) is 0 Å². The molecule has 0 aromatic carbocycles.